The second-order valence-electron chi connectivity index (χ2n) is 5.58. The minimum Gasteiger partial charge on any atom is -0.454 e. The zero-order valence-electron chi connectivity index (χ0n) is 13.8. The lowest BCUT2D eigenvalue weighted by atomic mass is 10.2. The molecule has 1 aliphatic heterocycles. The number of carbonyl (C=O) groups excluding carboxylic acids is 1. The van der Waals surface area contributed by atoms with Crippen LogP contribution in [0.2, 0.25) is 0 Å². The van der Waals surface area contributed by atoms with E-state index in [-0.39, 0.29) is 18.3 Å². The lowest BCUT2D eigenvalue weighted by Crippen LogP contribution is -2.28. The van der Waals surface area contributed by atoms with Gasteiger partial charge in [0.25, 0.3) is 5.56 Å². The number of carbonyl (C=O) groups is 1. The first-order valence-corrected chi connectivity index (χ1v) is 8.33. The van der Waals surface area contributed by atoms with Crippen molar-refractivity contribution in [2.24, 2.45) is 0 Å². The van der Waals surface area contributed by atoms with Crippen molar-refractivity contribution in [2.75, 3.05) is 27.1 Å². The van der Waals surface area contributed by atoms with Crippen molar-refractivity contribution in [2.45, 2.75) is 19.4 Å². The topological polar surface area (TPSA) is 94.6 Å². The zero-order chi connectivity index (χ0) is 17.8. The van der Waals surface area contributed by atoms with E-state index < -0.39 is 0 Å². The molecule has 134 valence electrons. The van der Waals surface area contributed by atoms with E-state index >= 15 is 0 Å². The molecule has 1 aromatic carbocycles. The molecule has 9 heteroatoms. The number of H-pyrrole nitrogens is 1. The first-order chi connectivity index (χ1) is 12.1. The van der Waals surface area contributed by atoms with Gasteiger partial charge in [-0.05, 0) is 24.7 Å². The number of ether oxygens (including phenoxy) is 3. The number of benzene rings is 1. The van der Waals surface area contributed by atoms with Gasteiger partial charge in [0, 0.05) is 32.7 Å². The number of hydrogen-bond acceptors (Lipinski definition) is 6. The molecule has 0 spiro atoms. The van der Waals surface area contributed by atoms with Crippen molar-refractivity contribution in [1.82, 2.24) is 14.9 Å². The molecule has 0 atom stereocenters. The Hall–Kier alpha value is -2.39. The number of methoxy groups -OCH3 is 1. The maximum absolute atomic E-state index is 12.7. The molecule has 2 heterocycles. The highest BCUT2D eigenvalue weighted by atomic mass is 32.1. The Bertz CT molecular complexity index is 905. The summed E-state index contributed by atoms with van der Waals surface area (Å²) in [4.78, 5) is 27.4. The van der Waals surface area contributed by atoms with Crippen molar-refractivity contribution < 1.29 is 19.0 Å². The number of amides is 1. The number of rotatable bonds is 7. The maximum Gasteiger partial charge on any atom is 0.262 e. The summed E-state index contributed by atoms with van der Waals surface area (Å²) in [5.41, 5.74) is 0.393. The average molecular weight is 365 g/mol. The summed E-state index contributed by atoms with van der Waals surface area (Å²) in [6.07, 6.45) is 0.816. The van der Waals surface area contributed by atoms with E-state index in [1.807, 2.05) is 0 Å². The third-order valence-electron chi connectivity index (χ3n) is 3.89. The van der Waals surface area contributed by atoms with Gasteiger partial charge in [-0.25, -0.2) is 0 Å². The zero-order valence-corrected chi connectivity index (χ0v) is 14.6. The lowest BCUT2D eigenvalue weighted by Gasteiger charge is -2.09. The summed E-state index contributed by atoms with van der Waals surface area (Å²) in [6.45, 7) is 1.44. The van der Waals surface area contributed by atoms with Gasteiger partial charge in [-0.3, -0.25) is 14.2 Å². The van der Waals surface area contributed by atoms with Crippen molar-refractivity contribution in [3.63, 3.8) is 0 Å². The molecule has 3 rings (SSSR count). The number of nitrogens with zero attached hydrogens (tertiary/aromatic N) is 1. The number of nitrogens with one attached hydrogen (secondary N) is 2. The average Bonchev–Trinajstić information content (AvgIpc) is 3.04. The van der Waals surface area contributed by atoms with Crippen LogP contribution in [-0.4, -0.2) is 42.5 Å². The third-order valence-corrected chi connectivity index (χ3v) is 4.21. The van der Waals surface area contributed by atoms with Crippen LogP contribution in [0.5, 0.6) is 11.5 Å². The van der Waals surface area contributed by atoms with E-state index in [4.69, 9.17) is 26.4 Å². The molecule has 8 nitrogen and oxygen atoms in total. The van der Waals surface area contributed by atoms with Crippen LogP contribution in [0.1, 0.15) is 12.8 Å². The Morgan fingerprint density at radius 3 is 2.92 bits per heavy atom. The quantitative estimate of drug-likeness (QED) is 0.568. The van der Waals surface area contributed by atoms with Crippen LogP contribution in [0.25, 0.3) is 10.9 Å². The van der Waals surface area contributed by atoms with Gasteiger partial charge < -0.3 is 24.5 Å². The van der Waals surface area contributed by atoms with Crippen LogP contribution in [0.3, 0.4) is 0 Å². The maximum atomic E-state index is 12.7. The van der Waals surface area contributed by atoms with Gasteiger partial charge in [-0.2, -0.15) is 0 Å². The Kier molecular flexibility index (Phi) is 5.34. The standard InChI is InChI=1S/C16H19N3O5S/c1-22-6-4-17-14(20)3-2-5-19-15(21)10-7-12-13(24-9-23-12)8-11(10)18-16(19)25/h7-8H,2-6,9H2,1H3,(H,17,20)(H,18,25). The first-order valence-electron chi connectivity index (χ1n) is 7.92. The predicted molar refractivity (Wildman–Crippen MR) is 93.6 cm³/mol. The molecule has 1 amide bonds. The van der Waals surface area contributed by atoms with Crippen molar-refractivity contribution in [3.05, 3.63) is 27.3 Å². The summed E-state index contributed by atoms with van der Waals surface area (Å²) in [6, 6.07) is 3.36. The Labute approximate surface area is 148 Å². The molecular weight excluding hydrogens is 346 g/mol. The number of hydrogen-bond donors (Lipinski definition) is 2. The van der Waals surface area contributed by atoms with Gasteiger partial charge in [0.15, 0.2) is 16.3 Å². The summed E-state index contributed by atoms with van der Waals surface area (Å²) in [5, 5.41) is 3.22. The van der Waals surface area contributed by atoms with Gasteiger partial charge in [0.2, 0.25) is 12.7 Å². The molecule has 0 bridgehead atoms. The number of aromatic amines is 1. The molecule has 1 aliphatic rings. The van der Waals surface area contributed by atoms with Gasteiger partial charge in [-0.15, -0.1) is 0 Å². The fraction of sp³-hybridized carbons (Fsp3) is 0.438. The summed E-state index contributed by atoms with van der Waals surface area (Å²) in [7, 11) is 1.58. The lowest BCUT2D eigenvalue weighted by molar-refractivity contribution is -0.121. The molecule has 0 unspecified atom stereocenters. The molecule has 0 radical (unpaired) electrons. The van der Waals surface area contributed by atoms with E-state index in [2.05, 4.69) is 10.3 Å². The SMILES string of the molecule is COCCNC(=O)CCCn1c(=S)[nH]c2cc3c(cc2c1=O)OCO3. The Morgan fingerprint density at radius 1 is 1.40 bits per heavy atom. The van der Waals surface area contributed by atoms with Crippen molar-refractivity contribution >= 4 is 29.0 Å². The summed E-state index contributed by atoms with van der Waals surface area (Å²) >= 11 is 5.28. The van der Waals surface area contributed by atoms with Gasteiger partial charge in [0.1, 0.15) is 0 Å². The highest BCUT2D eigenvalue weighted by Crippen LogP contribution is 2.34. The summed E-state index contributed by atoms with van der Waals surface area (Å²) < 4.78 is 17.3. The largest absolute Gasteiger partial charge is 0.454 e. The normalized spacial score (nSPS) is 12.5. The van der Waals surface area contributed by atoms with Gasteiger partial charge in [0.05, 0.1) is 17.5 Å². The fourth-order valence-electron chi connectivity index (χ4n) is 2.62. The van der Waals surface area contributed by atoms with Gasteiger partial charge in [-0.1, -0.05) is 0 Å². The third kappa shape index (κ3) is 3.83. The van der Waals surface area contributed by atoms with Crippen LogP contribution in [0.15, 0.2) is 16.9 Å². The second-order valence-corrected chi connectivity index (χ2v) is 5.97. The minimum absolute atomic E-state index is 0.0795. The minimum atomic E-state index is -0.211. The van der Waals surface area contributed by atoms with Crippen LogP contribution in [0, 0.1) is 4.77 Å². The first kappa shape index (κ1) is 17.4. The molecule has 0 fully saturated rings. The van der Waals surface area contributed by atoms with E-state index in [1.165, 1.54) is 4.57 Å². The van der Waals surface area contributed by atoms with Crippen molar-refractivity contribution in [3.8, 4) is 11.5 Å². The highest BCUT2D eigenvalue weighted by Gasteiger charge is 2.17. The number of aromatic nitrogens is 2. The number of fused-ring (bicyclic) bond motifs is 2. The van der Waals surface area contributed by atoms with Crippen LogP contribution < -0.4 is 20.3 Å². The predicted octanol–water partition coefficient (Wildman–Crippen LogP) is 1.33. The van der Waals surface area contributed by atoms with Crippen LogP contribution >= 0.6 is 12.2 Å². The monoisotopic (exact) mass is 365 g/mol. The second kappa shape index (κ2) is 7.66. The van der Waals surface area contributed by atoms with E-state index in [1.54, 1.807) is 19.2 Å². The molecule has 1 aromatic heterocycles. The molecule has 0 saturated heterocycles. The highest BCUT2D eigenvalue weighted by molar-refractivity contribution is 7.71. The summed E-state index contributed by atoms with van der Waals surface area (Å²) in [5.74, 6) is 1.05. The van der Waals surface area contributed by atoms with Crippen molar-refractivity contribution in [1.29, 1.82) is 0 Å². The molecule has 0 aliphatic carbocycles. The van der Waals surface area contributed by atoms with E-state index in [0.717, 1.165) is 0 Å². The van der Waals surface area contributed by atoms with Gasteiger partial charge >= 0.3 is 0 Å². The molecular formula is C16H19N3O5S. The molecule has 2 aromatic rings. The smallest absolute Gasteiger partial charge is 0.262 e. The Morgan fingerprint density at radius 2 is 2.16 bits per heavy atom. The van der Waals surface area contributed by atoms with Crippen LogP contribution in [0.4, 0.5) is 0 Å². The molecule has 2 N–H and O–H groups in total. The Balaban J connectivity index is 1.74. The van der Waals surface area contributed by atoms with E-state index in [0.29, 0.717) is 59.7 Å². The van der Waals surface area contributed by atoms with Crippen LogP contribution in [-0.2, 0) is 16.1 Å². The fourth-order valence-corrected chi connectivity index (χ4v) is 2.91. The molecule has 0 saturated carbocycles. The van der Waals surface area contributed by atoms with E-state index in [9.17, 15) is 9.59 Å². The molecule has 25 heavy (non-hydrogen) atoms.